The molecule has 0 radical (unpaired) electrons. The second-order valence-electron chi connectivity index (χ2n) is 3.00. The molecule has 0 spiro atoms. The van der Waals surface area contributed by atoms with Crippen LogP contribution in [0.4, 0.5) is 0 Å². The number of hydrogen-bond donors (Lipinski definition) is 2. The highest BCUT2D eigenvalue weighted by Gasteiger charge is 2.11. The van der Waals surface area contributed by atoms with Crippen molar-refractivity contribution in [1.29, 1.82) is 0 Å². The van der Waals surface area contributed by atoms with Crippen LogP contribution in [0.25, 0.3) is 0 Å². The molecular formula is C9H15NOS. The lowest BCUT2D eigenvalue weighted by Gasteiger charge is -2.07. The molecular weight excluding hydrogens is 170 g/mol. The first-order valence-corrected chi connectivity index (χ1v) is 4.92. The van der Waals surface area contributed by atoms with Crippen molar-refractivity contribution >= 4 is 11.3 Å². The van der Waals surface area contributed by atoms with E-state index in [1.54, 1.807) is 11.3 Å². The standard InChI is InChI=1S/C9H15NOS/c1-6-5-7(2)12-9(6)8(11)3-4-10/h5,8,11H,3-4,10H2,1-2H3. The van der Waals surface area contributed by atoms with Crippen LogP contribution in [-0.4, -0.2) is 11.7 Å². The zero-order chi connectivity index (χ0) is 9.14. The van der Waals surface area contributed by atoms with E-state index in [2.05, 4.69) is 13.0 Å². The monoisotopic (exact) mass is 185 g/mol. The molecule has 0 aliphatic heterocycles. The first-order valence-electron chi connectivity index (χ1n) is 4.10. The molecule has 0 bridgehead atoms. The minimum atomic E-state index is -0.367. The van der Waals surface area contributed by atoms with E-state index in [4.69, 9.17) is 5.73 Å². The highest BCUT2D eigenvalue weighted by molar-refractivity contribution is 7.12. The van der Waals surface area contributed by atoms with Gasteiger partial charge in [0.05, 0.1) is 6.10 Å². The Hall–Kier alpha value is -0.380. The van der Waals surface area contributed by atoms with Gasteiger partial charge in [0.25, 0.3) is 0 Å². The van der Waals surface area contributed by atoms with E-state index < -0.39 is 0 Å². The molecule has 2 nitrogen and oxygen atoms in total. The van der Waals surface area contributed by atoms with Crippen LogP contribution in [0, 0.1) is 13.8 Å². The largest absolute Gasteiger partial charge is 0.388 e. The average molecular weight is 185 g/mol. The van der Waals surface area contributed by atoms with Crippen LogP contribution in [0.2, 0.25) is 0 Å². The summed E-state index contributed by atoms with van der Waals surface area (Å²) in [6.45, 7) is 4.62. The molecule has 1 heterocycles. The summed E-state index contributed by atoms with van der Waals surface area (Å²) in [5, 5.41) is 9.65. The van der Waals surface area contributed by atoms with Gasteiger partial charge in [-0.3, -0.25) is 0 Å². The molecule has 1 atom stereocenters. The van der Waals surface area contributed by atoms with Crippen molar-refractivity contribution in [3.63, 3.8) is 0 Å². The van der Waals surface area contributed by atoms with Gasteiger partial charge in [0.2, 0.25) is 0 Å². The van der Waals surface area contributed by atoms with Crippen LogP contribution >= 0.6 is 11.3 Å². The number of hydrogen-bond acceptors (Lipinski definition) is 3. The molecule has 3 heteroatoms. The highest BCUT2D eigenvalue weighted by Crippen LogP contribution is 2.28. The third-order valence-corrected chi connectivity index (χ3v) is 3.08. The van der Waals surface area contributed by atoms with Crippen molar-refractivity contribution < 1.29 is 5.11 Å². The molecule has 1 rings (SSSR count). The van der Waals surface area contributed by atoms with Gasteiger partial charge >= 0.3 is 0 Å². The number of rotatable bonds is 3. The topological polar surface area (TPSA) is 46.2 Å². The number of nitrogens with two attached hydrogens (primary N) is 1. The maximum atomic E-state index is 9.65. The SMILES string of the molecule is Cc1cc(C)c(C(O)CCN)s1. The van der Waals surface area contributed by atoms with E-state index in [0.717, 1.165) is 4.88 Å². The van der Waals surface area contributed by atoms with E-state index in [-0.39, 0.29) is 6.10 Å². The Morgan fingerprint density at radius 3 is 2.67 bits per heavy atom. The Kier molecular flexibility index (Phi) is 3.26. The van der Waals surface area contributed by atoms with Gasteiger partial charge in [-0.25, -0.2) is 0 Å². The number of thiophene rings is 1. The van der Waals surface area contributed by atoms with Crippen molar-refractivity contribution in [2.75, 3.05) is 6.54 Å². The number of aliphatic hydroxyl groups excluding tert-OH is 1. The van der Waals surface area contributed by atoms with Crippen molar-refractivity contribution in [3.8, 4) is 0 Å². The van der Waals surface area contributed by atoms with Crippen molar-refractivity contribution in [2.24, 2.45) is 5.73 Å². The van der Waals surface area contributed by atoms with Crippen molar-refractivity contribution in [3.05, 3.63) is 21.4 Å². The molecule has 0 aromatic carbocycles. The average Bonchev–Trinajstić information content (AvgIpc) is 2.30. The van der Waals surface area contributed by atoms with Gasteiger partial charge in [-0.15, -0.1) is 11.3 Å². The summed E-state index contributed by atoms with van der Waals surface area (Å²) < 4.78 is 0. The van der Waals surface area contributed by atoms with E-state index in [1.807, 2.05) is 6.92 Å². The molecule has 0 fully saturated rings. The zero-order valence-electron chi connectivity index (χ0n) is 7.50. The Labute approximate surface area is 77.0 Å². The molecule has 1 aromatic heterocycles. The molecule has 1 unspecified atom stereocenters. The lowest BCUT2D eigenvalue weighted by Crippen LogP contribution is -2.06. The lowest BCUT2D eigenvalue weighted by atomic mass is 10.1. The summed E-state index contributed by atoms with van der Waals surface area (Å²) in [7, 11) is 0. The molecule has 0 amide bonds. The van der Waals surface area contributed by atoms with E-state index in [0.29, 0.717) is 13.0 Å². The summed E-state index contributed by atoms with van der Waals surface area (Å²) in [4.78, 5) is 2.32. The summed E-state index contributed by atoms with van der Waals surface area (Å²) in [6, 6.07) is 2.10. The molecule has 12 heavy (non-hydrogen) atoms. The van der Waals surface area contributed by atoms with Crippen molar-refractivity contribution in [1.82, 2.24) is 0 Å². The van der Waals surface area contributed by atoms with Gasteiger partial charge in [-0.05, 0) is 38.4 Å². The Morgan fingerprint density at radius 2 is 2.25 bits per heavy atom. The summed E-state index contributed by atoms with van der Waals surface area (Å²) in [5.41, 5.74) is 6.55. The lowest BCUT2D eigenvalue weighted by molar-refractivity contribution is 0.173. The molecule has 0 aliphatic carbocycles. The van der Waals surface area contributed by atoms with E-state index >= 15 is 0 Å². The third-order valence-electron chi connectivity index (χ3n) is 1.82. The molecule has 1 aromatic rings. The fraction of sp³-hybridized carbons (Fsp3) is 0.556. The predicted molar refractivity (Wildman–Crippen MR) is 52.4 cm³/mol. The number of aliphatic hydroxyl groups is 1. The van der Waals surface area contributed by atoms with Crippen LogP contribution in [0.3, 0.4) is 0 Å². The van der Waals surface area contributed by atoms with Crippen molar-refractivity contribution in [2.45, 2.75) is 26.4 Å². The first kappa shape index (κ1) is 9.71. The Bertz CT molecular complexity index is 257. The fourth-order valence-corrected chi connectivity index (χ4v) is 2.34. The second-order valence-corrected chi connectivity index (χ2v) is 4.29. The highest BCUT2D eigenvalue weighted by atomic mass is 32.1. The Morgan fingerprint density at radius 1 is 1.58 bits per heavy atom. The van der Waals surface area contributed by atoms with Gasteiger partial charge in [0.1, 0.15) is 0 Å². The molecule has 3 N–H and O–H groups in total. The maximum Gasteiger partial charge on any atom is 0.0896 e. The van der Waals surface area contributed by atoms with Gasteiger partial charge < -0.3 is 10.8 Å². The molecule has 0 saturated heterocycles. The molecule has 0 aliphatic rings. The van der Waals surface area contributed by atoms with Gasteiger partial charge in [0.15, 0.2) is 0 Å². The molecule has 0 saturated carbocycles. The van der Waals surface area contributed by atoms with Crippen LogP contribution in [-0.2, 0) is 0 Å². The van der Waals surface area contributed by atoms with Crippen LogP contribution in [0.15, 0.2) is 6.07 Å². The predicted octanol–water partition coefficient (Wildman–Crippen LogP) is 1.75. The normalized spacial score (nSPS) is 13.3. The summed E-state index contributed by atoms with van der Waals surface area (Å²) in [5.74, 6) is 0. The zero-order valence-corrected chi connectivity index (χ0v) is 8.32. The van der Waals surface area contributed by atoms with Gasteiger partial charge in [-0.2, -0.15) is 0 Å². The Balaban J connectivity index is 2.79. The summed E-state index contributed by atoms with van der Waals surface area (Å²) >= 11 is 1.66. The smallest absolute Gasteiger partial charge is 0.0896 e. The van der Waals surface area contributed by atoms with Crippen LogP contribution in [0.1, 0.15) is 27.8 Å². The molecule has 68 valence electrons. The third kappa shape index (κ3) is 2.06. The summed E-state index contributed by atoms with van der Waals surface area (Å²) in [6.07, 6.45) is 0.287. The second kappa shape index (κ2) is 4.03. The first-order chi connectivity index (χ1) is 5.65. The fourth-order valence-electron chi connectivity index (χ4n) is 1.28. The maximum absolute atomic E-state index is 9.65. The van der Waals surface area contributed by atoms with Gasteiger partial charge in [-0.1, -0.05) is 0 Å². The minimum absolute atomic E-state index is 0.367. The minimum Gasteiger partial charge on any atom is -0.388 e. The van der Waals surface area contributed by atoms with Crippen LogP contribution < -0.4 is 5.73 Å². The van der Waals surface area contributed by atoms with Crippen LogP contribution in [0.5, 0.6) is 0 Å². The van der Waals surface area contributed by atoms with E-state index in [1.165, 1.54) is 10.4 Å². The number of aryl methyl sites for hydroxylation is 2. The quantitative estimate of drug-likeness (QED) is 0.753. The van der Waals surface area contributed by atoms with E-state index in [9.17, 15) is 5.11 Å². The van der Waals surface area contributed by atoms with Gasteiger partial charge in [0, 0.05) is 9.75 Å².